The average Bonchev–Trinajstić information content (AvgIpc) is 2.42. The first-order valence-corrected chi connectivity index (χ1v) is 8.77. The third-order valence-corrected chi connectivity index (χ3v) is 4.98. The minimum atomic E-state index is -3.79. The normalized spacial score (nSPS) is 11.2. The van der Waals surface area contributed by atoms with Crippen LogP contribution in [0.5, 0.6) is 0 Å². The van der Waals surface area contributed by atoms with E-state index in [2.05, 4.69) is 21.2 Å². The van der Waals surface area contributed by atoms with Crippen LogP contribution < -0.4 is 5.32 Å². The third kappa shape index (κ3) is 4.14. The van der Waals surface area contributed by atoms with Crippen LogP contribution in [0.3, 0.4) is 0 Å². The maximum atomic E-state index is 13.6. The predicted molar refractivity (Wildman–Crippen MR) is 86.0 cm³/mol. The molecular weight excluding hydrogens is 373 g/mol. The lowest BCUT2D eigenvalue weighted by Gasteiger charge is -2.08. The molecule has 2 rings (SSSR count). The average molecular weight is 386 g/mol. The Hall–Kier alpha value is -1.73. The van der Waals surface area contributed by atoms with Crippen LogP contribution in [0.25, 0.3) is 0 Å². The minimum Gasteiger partial charge on any atom is -0.323 e. The molecule has 0 unspecified atom stereocenters. The molecule has 0 aliphatic carbocycles. The Morgan fingerprint density at radius 1 is 1.23 bits per heavy atom. The summed E-state index contributed by atoms with van der Waals surface area (Å²) in [6.45, 7) is 1.74. The number of benzene rings is 2. The highest BCUT2D eigenvalue weighted by Crippen LogP contribution is 2.19. The van der Waals surface area contributed by atoms with Gasteiger partial charge >= 0.3 is 0 Å². The van der Waals surface area contributed by atoms with Gasteiger partial charge in [-0.05, 0) is 42.8 Å². The molecule has 0 aliphatic rings. The van der Waals surface area contributed by atoms with Gasteiger partial charge in [-0.3, -0.25) is 4.79 Å². The molecule has 4 nitrogen and oxygen atoms in total. The fraction of sp³-hybridized carbons (Fsp3) is 0.133. The highest BCUT2D eigenvalue weighted by atomic mass is 79.9. The molecule has 0 saturated heterocycles. The summed E-state index contributed by atoms with van der Waals surface area (Å²) in [5.74, 6) is -2.15. The van der Waals surface area contributed by atoms with E-state index in [1.54, 1.807) is 25.1 Å². The molecule has 1 N–H and O–H groups in total. The number of amides is 1. The lowest BCUT2D eigenvalue weighted by atomic mass is 10.2. The van der Waals surface area contributed by atoms with Crippen molar-refractivity contribution in [2.75, 3.05) is 11.1 Å². The van der Waals surface area contributed by atoms with E-state index in [0.29, 0.717) is 4.47 Å². The van der Waals surface area contributed by atoms with Crippen LogP contribution in [0.2, 0.25) is 0 Å². The Balaban J connectivity index is 2.16. The molecule has 0 heterocycles. The molecular formula is C15H13BrFNO3S. The Bertz CT molecular complexity index is 821. The van der Waals surface area contributed by atoms with E-state index in [4.69, 9.17) is 0 Å². The summed E-state index contributed by atoms with van der Waals surface area (Å²) in [5, 5.41) is 2.29. The van der Waals surface area contributed by atoms with Crippen molar-refractivity contribution in [2.45, 2.75) is 11.8 Å². The van der Waals surface area contributed by atoms with Gasteiger partial charge in [0.1, 0.15) is 11.6 Å². The van der Waals surface area contributed by atoms with E-state index in [1.165, 1.54) is 24.3 Å². The van der Waals surface area contributed by atoms with Crippen LogP contribution in [0, 0.1) is 12.7 Å². The van der Waals surface area contributed by atoms with Crippen molar-refractivity contribution >= 4 is 37.4 Å². The number of nitrogens with one attached hydrogen (secondary N) is 1. The molecule has 0 atom stereocenters. The summed E-state index contributed by atoms with van der Waals surface area (Å²) >= 11 is 3.18. The SMILES string of the molecule is Cc1ccc(F)c(NC(=O)CS(=O)(=O)c2cccc(Br)c2)c1. The van der Waals surface area contributed by atoms with Gasteiger partial charge in [-0.2, -0.15) is 0 Å². The van der Waals surface area contributed by atoms with Crippen molar-refractivity contribution in [2.24, 2.45) is 0 Å². The molecule has 7 heteroatoms. The van der Waals surface area contributed by atoms with E-state index in [-0.39, 0.29) is 10.6 Å². The molecule has 0 saturated carbocycles. The zero-order chi connectivity index (χ0) is 16.3. The van der Waals surface area contributed by atoms with Crippen LogP contribution in [0.15, 0.2) is 51.8 Å². The first-order valence-electron chi connectivity index (χ1n) is 6.32. The van der Waals surface area contributed by atoms with Crippen molar-refractivity contribution in [3.8, 4) is 0 Å². The second-order valence-corrected chi connectivity index (χ2v) is 7.65. The van der Waals surface area contributed by atoms with Crippen LogP contribution >= 0.6 is 15.9 Å². The van der Waals surface area contributed by atoms with Gasteiger partial charge in [0.2, 0.25) is 5.91 Å². The topological polar surface area (TPSA) is 63.2 Å². The molecule has 0 radical (unpaired) electrons. The molecule has 0 spiro atoms. The summed E-state index contributed by atoms with van der Waals surface area (Å²) < 4.78 is 38.5. The number of sulfone groups is 1. The molecule has 0 fully saturated rings. The first kappa shape index (κ1) is 16.6. The fourth-order valence-corrected chi connectivity index (χ4v) is 3.56. The summed E-state index contributed by atoms with van der Waals surface area (Å²) in [4.78, 5) is 11.9. The van der Waals surface area contributed by atoms with E-state index in [9.17, 15) is 17.6 Å². The van der Waals surface area contributed by atoms with Gasteiger partial charge < -0.3 is 5.32 Å². The van der Waals surface area contributed by atoms with Gasteiger partial charge in [-0.1, -0.05) is 28.1 Å². The molecule has 1 amide bonds. The molecule has 22 heavy (non-hydrogen) atoms. The summed E-state index contributed by atoms with van der Waals surface area (Å²) in [7, 11) is -3.79. The number of carbonyl (C=O) groups excluding carboxylic acids is 1. The number of hydrogen-bond acceptors (Lipinski definition) is 3. The lowest BCUT2D eigenvalue weighted by molar-refractivity contribution is -0.113. The van der Waals surface area contributed by atoms with Gasteiger partial charge in [0.05, 0.1) is 10.6 Å². The van der Waals surface area contributed by atoms with Crippen LogP contribution in [-0.4, -0.2) is 20.1 Å². The van der Waals surface area contributed by atoms with Gasteiger partial charge in [0, 0.05) is 4.47 Å². The van der Waals surface area contributed by atoms with Gasteiger partial charge in [-0.15, -0.1) is 0 Å². The second-order valence-electron chi connectivity index (χ2n) is 4.75. The van der Waals surface area contributed by atoms with Crippen molar-refractivity contribution < 1.29 is 17.6 Å². The van der Waals surface area contributed by atoms with Crippen LogP contribution in [0.1, 0.15) is 5.56 Å². The van der Waals surface area contributed by atoms with Crippen molar-refractivity contribution in [1.82, 2.24) is 0 Å². The van der Waals surface area contributed by atoms with Crippen molar-refractivity contribution in [3.05, 3.63) is 58.3 Å². The van der Waals surface area contributed by atoms with Crippen LogP contribution in [0.4, 0.5) is 10.1 Å². The number of aryl methyl sites for hydroxylation is 1. The Morgan fingerprint density at radius 3 is 2.64 bits per heavy atom. The van der Waals surface area contributed by atoms with E-state index in [0.717, 1.165) is 5.56 Å². The summed E-state index contributed by atoms with van der Waals surface area (Å²) in [6.07, 6.45) is 0. The standard InChI is InChI=1S/C15H13BrFNO3S/c1-10-5-6-13(17)14(7-10)18-15(19)9-22(20,21)12-4-2-3-11(16)8-12/h2-8H,9H2,1H3,(H,18,19). The van der Waals surface area contributed by atoms with Crippen molar-refractivity contribution in [1.29, 1.82) is 0 Å². The largest absolute Gasteiger partial charge is 0.323 e. The molecule has 2 aromatic rings. The molecule has 2 aromatic carbocycles. The molecule has 116 valence electrons. The Morgan fingerprint density at radius 2 is 1.95 bits per heavy atom. The maximum absolute atomic E-state index is 13.6. The van der Waals surface area contributed by atoms with Gasteiger partial charge in [-0.25, -0.2) is 12.8 Å². The predicted octanol–water partition coefficient (Wildman–Crippen LogP) is 3.31. The number of hydrogen-bond donors (Lipinski definition) is 1. The smallest absolute Gasteiger partial charge is 0.240 e. The second kappa shape index (κ2) is 6.58. The van der Waals surface area contributed by atoms with Gasteiger partial charge in [0.15, 0.2) is 9.84 Å². The highest BCUT2D eigenvalue weighted by Gasteiger charge is 2.20. The monoisotopic (exact) mass is 385 g/mol. The zero-order valence-corrected chi connectivity index (χ0v) is 14.0. The lowest BCUT2D eigenvalue weighted by Crippen LogP contribution is -2.23. The number of halogens is 2. The number of anilines is 1. The fourth-order valence-electron chi connectivity index (χ4n) is 1.84. The Labute approximate surface area is 136 Å². The maximum Gasteiger partial charge on any atom is 0.240 e. The first-order chi connectivity index (χ1) is 10.3. The quantitative estimate of drug-likeness (QED) is 0.877. The molecule has 0 aromatic heterocycles. The molecule has 0 aliphatic heterocycles. The van der Waals surface area contributed by atoms with Crippen molar-refractivity contribution in [3.63, 3.8) is 0 Å². The highest BCUT2D eigenvalue weighted by molar-refractivity contribution is 9.10. The summed E-state index contributed by atoms with van der Waals surface area (Å²) in [6, 6.07) is 10.3. The third-order valence-electron chi connectivity index (χ3n) is 2.87. The van der Waals surface area contributed by atoms with E-state index >= 15 is 0 Å². The minimum absolute atomic E-state index is 0.0294. The zero-order valence-electron chi connectivity index (χ0n) is 11.6. The number of carbonyl (C=O) groups is 1. The molecule has 0 bridgehead atoms. The van der Waals surface area contributed by atoms with E-state index in [1.807, 2.05) is 0 Å². The van der Waals surface area contributed by atoms with Gasteiger partial charge in [0.25, 0.3) is 0 Å². The number of rotatable bonds is 4. The Kier molecular flexibility index (Phi) is 4.97. The summed E-state index contributed by atoms with van der Waals surface area (Å²) in [5.41, 5.74) is 0.723. The van der Waals surface area contributed by atoms with E-state index < -0.39 is 27.3 Å². The van der Waals surface area contributed by atoms with Crippen LogP contribution in [-0.2, 0) is 14.6 Å².